The molecule has 7 aromatic carbocycles. The van der Waals surface area contributed by atoms with Crippen molar-refractivity contribution in [2.24, 2.45) is 0 Å². The van der Waals surface area contributed by atoms with Gasteiger partial charge in [0.1, 0.15) is 0 Å². The van der Waals surface area contributed by atoms with Gasteiger partial charge in [0.05, 0.1) is 0 Å². The first-order valence-electron chi connectivity index (χ1n) is 16.9. The Morgan fingerprint density at radius 2 is 0.898 bits per heavy atom. The molecule has 2 aliphatic rings. The third-order valence-electron chi connectivity index (χ3n) is 10.5. The van der Waals surface area contributed by atoms with E-state index in [1.807, 2.05) is 60.7 Å². The lowest BCUT2D eigenvalue weighted by Crippen LogP contribution is -2.15. The molecule has 1 aromatic heterocycles. The summed E-state index contributed by atoms with van der Waals surface area (Å²) in [7, 11) is 0. The molecule has 1 heterocycles. The van der Waals surface area contributed by atoms with Gasteiger partial charge >= 0.3 is 0 Å². The molecule has 8 aromatic rings. The van der Waals surface area contributed by atoms with Crippen LogP contribution in [0.1, 0.15) is 25.0 Å². The Morgan fingerprint density at radius 1 is 0.367 bits per heavy atom. The first-order chi connectivity index (χ1) is 24.0. The summed E-state index contributed by atoms with van der Waals surface area (Å²) < 4.78 is 0. The van der Waals surface area contributed by atoms with Gasteiger partial charge in [0, 0.05) is 22.1 Å². The zero-order chi connectivity index (χ0) is 32.7. The molecule has 0 aliphatic heterocycles. The minimum absolute atomic E-state index is 0.120. The summed E-state index contributed by atoms with van der Waals surface area (Å²) in [5, 5.41) is 2.68. The molecule has 0 atom stereocenters. The van der Waals surface area contributed by atoms with Crippen LogP contribution < -0.4 is 0 Å². The largest absolute Gasteiger partial charge is 0.208 e. The second-order valence-electron chi connectivity index (χ2n) is 13.6. The van der Waals surface area contributed by atoms with Gasteiger partial charge < -0.3 is 0 Å². The van der Waals surface area contributed by atoms with Crippen molar-refractivity contribution in [2.75, 3.05) is 0 Å². The summed E-state index contributed by atoms with van der Waals surface area (Å²) in [6, 6.07) is 54.1. The predicted molar refractivity (Wildman–Crippen MR) is 201 cm³/mol. The minimum Gasteiger partial charge on any atom is -0.208 e. The van der Waals surface area contributed by atoms with Gasteiger partial charge in [-0.2, -0.15) is 0 Å². The second-order valence-corrected chi connectivity index (χ2v) is 13.6. The molecular formula is C46H31N3. The third-order valence-corrected chi connectivity index (χ3v) is 10.5. The number of nitrogens with zero attached hydrogens (tertiary/aromatic N) is 3. The van der Waals surface area contributed by atoms with E-state index in [1.54, 1.807) is 0 Å². The first-order valence-corrected chi connectivity index (χ1v) is 16.9. The normalized spacial score (nSPS) is 13.3. The van der Waals surface area contributed by atoms with Gasteiger partial charge in [-0.1, -0.05) is 159 Å². The molecule has 10 rings (SSSR count). The Hall–Kier alpha value is -6.19. The van der Waals surface area contributed by atoms with E-state index in [1.165, 1.54) is 66.4 Å². The number of hydrogen-bond donors (Lipinski definition) is 0. The summed E-state index contributed by atoms with van der Waals surface area (Å²) >= 11 is 0. The fraction of sp³-hybridized carbons (Fsp3) is 0.0652. The highest BCUT2D eigenvalue weighted by Crippen LogP contribution is 2.58. The topological polar surface area (TPSA) is 38.7 Å². The molecule has 0 amide bonds. The van der Waals surface area contributed by atoms with Crippen LogP contribution in [-0.4, -0.2) is 15.0 Å². The van der Waals surface area contributed by atoms with Crippen LogP contribution in [0.3, 0.4) is 0 Å². The number of benzene rings is 7. The quantitative estimate of drug-likeness (QED) is 0.195. The molecular weight excluding hydrogens is 595 g/mol. The van der Waals surface area contributed by atoms with Crippen molar-refractivity contribution >= 4 is 10.8 Å². The van der Waals surface area contributed by atoms with Gasteiger partial charge in [-0.15, -0.1) is 0 Å². The summed E-state index contributed by atoms with van der Waals surface area (Å²) in [6.07, 6.45) is 0. The third kappa shape index (κ3) is 4.19. The Morgan fingerprint density at radius 3 is 1.53 bits per heavy atom. The van der Waals surface area contributed by atoms with Crippen LogP contribution in [0.4, 0.5) is 0 Å². The van der Waals surface area contributed by atoms with Crippen LogP contribution in [-0.2, 0) is 5.41 Å². The van der Waals surface area contributed by atoms with Crippen molar-refractivity contribution in [1.29, 1.82) is 0 Å². The SMILES string of the molecule is CC1(C)c2cc(-c3ccc(-c4nc(-c5ccccc5)nc(-c5ccccc5)n4)cc3)ccc2-c2c1ccc1c2-c2cccc3cccc-1c23. The Kier molecular flexibility index (Phi) is 5.92. The van der Waals surface area contributed by atoms with Crippen molar-refractivity contribution in [3.05, 3.63) is 163 Å². The molecule has 0 radical (unpaired) electrons. The maximum atomic E-state index is 4.93. The summed E-state index contributed by atoms with van der Waals surface area (Å²) in [4.78, 5) is 14.7. The lowest BCUT2D eigenvalue weighted by molar-refractivity contribution is 0.661. The van der Waals surface area contributed by atoms with E-state index in [4.69, 9.17) is 15.0 Å². The molecule has 0 fully saturated rings. The van der Waals surface area contributed by atoms with Crippen molar-refractivity contribution < 1.29 is 0 Å². The minimum atomic E-state index is -0.120. The molecule has 0 spiro atoms. The summed E-state index contributed by atoms with van der Waals surface area (Å²) in [5.41, 5.74) is 16.1. The van der Waals surface area contributed by atoms with E-state index in [0.717, 1.165) is 16.7 Å². The Labute approximate surface area is 285 Å². The maximum Gasteiger partial charge on any atom is 0.164 e. The lowest BCUT2D eigenvalue weighted by Gasteiger charge is -2.22. The molecule has 2 aliphatic carbocycles. The van der Waals surface area contributed by atoms with Crippen LogP contribution in [0.15, 0.2) is 152 Å². The van der Waals surface area contributed by atoms with Crippen molar-refractivity contribution in [2.45, 2.75) is 19.3 Å². The van der Waals surface area contributed by atoms with E-state index in [9.17, 15) is 0 Å². The smallest absolute Gasteiger partial charge is 0.164 e. The van der Waals surface area contributed by atoms with Gasteiger partial charge in [-0.25, -0.2) is 15.0 Å². The average Bonchev–Trinajstić information content (AvgIpc) is 3.61. The molecule has 3 heteroatoms. The van der Waals surface area contributed by atoms with E-state index < -0.39 is 0 Å². The maximum absolute atomic E-state index is 4.93. The van der Waals surface area contributed by atoms with Gasteiger partial charge in [0.15, 0.2) is 17.5 Å². The molecule has 0 saturated heterocycles. The predicted octanol–water partition coefficient (Wildman–Crippen LogP) is 11.6. The van der Waals surface area contributed by atoms with Gasteiger partial charge in [-0.05, 0) is 72.5 Å². The number of hydrogen-bond acceptors (Lipinski definition) is 3. The number of rotatable bonds is 4. The molecule has 3 nitrogen and oxygen atoms in total. The average molecular weight is 626 g/mol. The summed E-state index contributed by atoms with van der Waals surface area (Å²) in [5.74, 6) is 1.99. The monoisotopic (exact) mass is 625 g/mol. The first kappa shape index (κ1) is 27.9. The summed E-state index contributed by atoms with van der Waals surface area (Å²) in [6.45, 7) is 4.74. The van der Waals surface area contributed by atoms with E-state index in [2.05, 4.69) is 105 Å². The molecule has 0 N–H and O–H groups in total. The van der Waals surface area contributed by atoms with E-state index >= 15 is 0 Å². The number of aromatic nitrogens is 3. The van der Waals surface area contributed by atoms with Crippen LogP contribution in [0, 0.1) is 0 Å². The lowest BCUT2D eigenvalue weighted by atomic mass is 9.81. The molecule has 0 saturated carbocycles. The van der Waals surface area contributed by atoms with Crippen LogP contribution in [0.25, 0.3) is 89.4 Å². The van der Waals surface area contributed by atoms with Crippen molar-refractivity contribution in [3.8, 4) is 78.7 Å². The Balaban J connectivity index is 1.05. The standard InChI is InChI=1S/C46H31N3/c1-46(2)38-26-25-35-34-17-9-15-29-16-10-18-37(40(29)34)41(35)42(38)36-24-23-33(27-39(36)46)28-19-21-32(22-20-28)45-48-43(30-11-5-3-6-12-30)47-44(49-45)31-13-7-4-8-14-31/h3-27H,1-2H3. The molecule has 0 bridgehead atoms. The van der Waals surface area contributed by atoms with Crippen molar-refractivity contribution in [1.82, 2.24) is 15.0 Å². The zero-order valence-electron chi connectivity index (χ0n) is 27.3. The zero-order valence-corrected chi connectivity index (χ0v) is 27.3. The van der Waals surface area contributed by atoms with Crippen LogP contribution >= 0.6 is 0 Å². The van der Waals surface area contributed by atoms with E-state index in [0.29, 0.717) is 17.5 Å². The second kappa shape index (κ2) is 10.4. The van der Waals surface area contributed by atoms with Gasteiger partial charge in [0.25, 0.3) is 0 Å². The molecule has 0 unspecified atom stereocenters. The highest BCUT2D eigenvalue weighted by atomic mass is 15.0. The number of fused-ring (bicyclic) bond motifs is 7. The van der Waals surface area contributed by atoms with Crippen LogP contribution in [0.2, 0.25) is 0 Å². The van der Waals surface area contributed by atoms with Crippen LogP contribution in [0.5, 0.6) is 0 Å². The highest BCUT2D eigenvalue weighted by molar-refractivity contribution is 6.19. The highest BCUT2D eigenvalue weighted by Gasteiger charge is 2.39. The van der Waals surface area contributed by atoms with Gasteiger partial charge in [0.2, 0.25) is 0 Å². The fourth-order valence-corrected chi connectivity index (χ4v) is 8.03. The van der Waals surface area contributed by atoms with Gasteiger partial charge in [-0.3, -0.25) is 0 Å². The molecule has 230 valence electrons. The molecule has 49 heavy (non-hydrogen) atoms. The van der Waals surface area contributed by atoms with E-state index in [-0.39, 0.29) is 5.41 Å². The Bertz CT molecular complexity index is 2540. The fourth-order valence-electron chi connectivity index (χ4n) is 8.03. The van der Waals surface area contributed by atoms with Crippen molar-refractivity contribution in [3.63, 3.8) is 0 Å².